The zero-order chi connectivity index (χ0) is 21.0. The van der Waals surface area contributed by atoms with Gasteiger partial charge in [-0.05, 0) is 30.3 Å². The Hall–Kier alpha value is -2.98. The van der Waals surface area contributed by atoms with Crippen molar-refractivity contribution in [3.05, 3.63) is 41.2 Å². The minimum absolute atomic E-state index is 0.0844. The van der Waals surface area contributed by atoms with Crippen molar-refractivity contribution in [2.45, 2.75) is 6.92 Å². The molecule has 152 valence electrons. The van der Waals surface area contributed by atoms with E-state index in [1.165, 1.54) is 24.3 Å². The van der Waals surface area contributed by atoms with Crippen LogP contribution in [0.15, 0.2) is 30.3 Å². The van der Waals surface area contributed by atoms with Crippen LogP contribution < -0.4 is 15.5 Å². The number of benzene rings is 1. The highest BCUT2D eigenvalue weighted by atomic mass is 35.5. The molecule has 0 saturated carbocycles. The number of nitrogens with one attached hydrogen (secondary N) is 2. The van der Waals surface area contributed by atoms with Gasteiger partial charge in [0.15, 0.2) is 5.13 Å². The standard InChI is InChI=1S/C18H17ClFN5O3S/c1-10(26)28-8-7-21-17(27)24-18-22-13-4-6-15(23-16(13)29-18)25(2)14-5-3-11(19)9-12(14)20/h3-6,9H,7-8H2,1-2H3,(H2,21,22,24,27). The number of carbonyl (C=O) groups excluding carboxylic acids is 2. The molecule has 0 aliphatic carbocycles. The van der Waals surface area contributed by atoms with E-state index in [9.17, 15) is 14.0 Å². The molecule has 1 aromatic carbocycles. The van der Waals surface area contributed by atoms with E-state index in [1.54, 1.807) is 36.2 Å². The molecule has 0 aliphatic heterocycles. The number of aromatic nitrogens is 2. The predicted octanol–water partition coefficient (Wildman–Crippen LogP) is 3.94. The molecule has 0 radical (unpaired) electrons. The van der Waals surface area contributed by atoms with Gasteiger partial charge in [-0.15, -0.1) is 0 Å². The van der Waals surface area contributed by atoms with Crippen LogP contribution in [-0.2, 0) is 9.53 Å². The Bertz CT molecular complexity index is 1060. The number of ether oxygens (including phenoxy) is 1. The highest BCUT2D eigenvalue weighted by molar-refractivity contribution is 7.22. The second kappa shape index (κ2) is 9.01. The molecule has 0 fully saturated rings. The van der Waals surface area contributed by atoms with Crippen molar-refractivity contribution < 1.29 is 18.7 Å². The Labute approximate surface area is 174 Å². The van der Waals surface area contributed by atoms with E-state index in [2.05, 4.69) is 20.6 Å². The first-order valence-corrected chi connectivity index (χ1v) is 9.67. The van der Waals surface area contributed by atoms with E-state index >= 15 is 0 Å². The average molecular weight is 438 g/mol. The molecule has 0 atom stereocenters. The second-order valence-corrected chi connectivity index (χ2v) is 7.30. The first-order valence-electron chi connectivity index (χ1n) is 8.48. The number of pyridine rings is 1. The minimum Gasteiger partial charge on any atom is -0.464 e. The van der Waals surface area contributed by atoms with Gasteiger partial charge in [0.25, 0.3) is 0 Å². The van der Waals surface area contributed by atoms with Crippen LogP contribution in [0.4, 0.5) is 25.8 Å². The van der Waals surface area contributed by atoms with Gasteiger partial charge >= 0.3 is 12.0 Å². The van der Waals surface area contributed by atoms with E-state index in [0.29, 0.717) is 32.0 Å². The second-order valence-electron chi connectivity index (χ2n) is 5.89. The lowest BCUT2D eigenvalue weighted by Crippen LogP contribution is -2.31. The van der Waals surface area contributed by atoms with Crippen molar-refractivity contribution in [3.8, 4) is 0 Å². The maximum Gasteiger partial charge on any atom is 0.321 e. The third-order valence-corrected chi connectivity index (χ3v) is 4.88. The molecule has 0 spiro atoms. The summed E-state index contributed by atoms with van der Waals surface area (Å²) in [6, 6.07) is 7.38. The van der Waals surface area contributed by atoms with Gasteiger partial charge < -0.3 is 15.0 Å². The van der Waals surface area contributed by atoms with Crippen molar-refractivity contribution >= 4 is 61.9 Å². The van der Waals surface area contributed by atoms with Gasteiger partial charge in [-0.2, -0.15) is 0 Å². The van der Waals surface area contributed by atoms with Crippen LogP contribution in [-0.4, -0.2) is 42.2 Å². The minimum atomic E-state index is -0.475. The topological polar surface area (TPSA) is 96.4 Å². The number of hydrogen-bond donors (Lipinski definition) is 2. The van der Waals surface area contributed by atoms with Crippen LogP contribution in [0.3, 0.4) is 0 Å². The molecule has 11 heteroatoms. The van der Waals surface area contributed by atoms with Gasteiger partial charge in [-0.1, -0.05) is 22.9 Å². The van der Waals surface area contributed by atoms with E-state index in [1.807, 2.05) is 0 Å². The largest absolute Gasteiger partial charge is 0.464 e. The summed E-state index contributed by atoms with van der Waals surface area (Å²) >= 11 is 6.98. The summed E-state index contributed by atoms with van der Waals surface area (Å²) in [6.45, 7) is 1.55. The number of esters is 1. The number of thiazole rings is 1. The Morgan fingerprint density at radius 1 is 1.28 bits per heavy atom. The van der Waals surface area contributed by atoms with E-state index in [4.69, 9.17) is 16.3 Å². The van der Waals surface area contributed by atoms with Crippen LogP contribution in [0.2, 0.25) is 5.02 Å². The fourth-order valence-corrected chi connectivity index (χ4v) is 3.41. The predicted molar refractivity (Wildman–Crippen MR) is 111 cm³/mol. The average Bonchev–Trinajstić information content (AvgIpc) is 3.05. The summed E-state index contributed by atoms with van der Waals surface area (Å²) < 4.78 is 18.9. The van der Waals surface area contributed by atoms with Gasteiger partial charge in [0.05, 0.1) is 12.2 Å². The summed E-state index contributed by atoms with van der Waals surface area (Å²) in [5.41, 5.74) is 0.926. The van der Waals surface area contributed by atoms with Crippen molar-refractivity contribution in [2.24, 2.45) is 0 Å². The van der Waals surface area contributed by atoms with Gasteiger partial charge in [0, 0.05) is 19.0 Å². The molecule has 2 aromatic heterocycles. The molecule has 8 nitrogen and oxygen atoms in total. The lowest BCUT2D eigenvalue weighted by Gasteiger charge is -2.18. The van der Waals surface area contributed by atoms with Gasteiger partial charge in [0.2, 0.25) is 0 Å². The van der Waals surface area contributed by atoms with Crippen LogP contribution in [0.1, 0.15) is 6.92 Å². The Morgan fingerprint density at radius 2 is 2.07 bits per heavy atom. The number of anilines is 3. The number of hydrogen-bond acceptors (Lipinski definition) is 7. The molecule has 29 heavy (non-hydrogen) atoms. The van der Waals surface area contributed by atoms with Crippen molar-refractivity contribution in [2.75, 3.05) is 30.4 Å². The molecule has 2 amide bonds. The third-order valence-electron chi connectivity index (χ3n) is 3.77. The molecule has 0 aliphatic rings. The van der Waals surface area contributed by atoms with Gasteiger partial charge in [-0.25, -0.2) is 19.2 Å². The Morgan fingerprint density at radius 3 is 2.79 bits per heavy atom. The molecule has 0 saturated heterocycles. The Kier molecular flexibility index (Phi) is 6.45. The quantitative estimate of drug-likeness (QED) is 0.448. The first kappa shape index (κ1) is 20.7. The van der Waals surface area contributed by atoms with Crippen LogP contribution in [0.5, 0.6) is 0 Å². The summed E-state index contributed by atoms with van der Waals surface area (Å²) in [5, 5.41) is 5.82. The number of halogens is 2. The number of carbonyl (C=O) groups is 2. The maximum atomic E-state index is 14.2. The number of urea groups is 1. The number of nitrogens with zero attached hydrogens (tertiary/aromatic N) is 3. The lowest BCUT2D eigenvalue weighted by atomic mass is 10.2. The molecular weight excluding hydrogens is 421 g/mol. The molecule has 2 heterocycles. The summed E-state index contributed by atoms with van der Waals surface area (Å²) in [7, 11) is 1.69. The van der Waals surface area contributed by atoms with Crippen LogP contribution >= 0.6 is 22.9 Å². The van der Waals surface area contributed by atoms with E-state index in [-0.39, 0.29) is 13.2 Å². The van der Waals surface area contributed by atoms with E-state index < -0.39 is 17.8 Å². The van der Waals surface area contributed by atoms with Crippen molar-refractivity contribution in [3.63, 3.8) is 0 Å². The number of amides is 2. The summed E-state index contributed by atoms with van der Waals surface area (Å²) in [5.74, 6) is -0.359. The number of fused-ring (bicyclic) bond motifs is 1. The summed E-state index contributed by atoms with van der Waals surface area (Å²) in [4.78, 5) is 33.5. The van der Waals surface area contributed by atoms with Crippen LogP contribution in [0, 0.1) is 5.82 Å². The molecule has 2 N–H and O–H groups in total. The van der Waals surface area contributed by atoms with Crippen molar-refractivity contribution in [1.82, 2.24) is 15.3 Å². The van der Waals surface area contributed by atoms with Crippen molar-refractivity contribution in [1.29, 1.82) is 0 Å². The fraction of sp³-hybridized carbons (Fsp3) is 0.222. The zero-order valence-corrected chi connectivity index (χ0v) is 17.1. The first-order chi connectivity index (χ1) is 13.8. The zero-order valence-electron chi connectivity index (χ0n) is 15.5. The molecular formula is C18H17ClFN5O3S. The maximum absolute atomic E-state index is 14.2. The number of rotatable bonds is 6. The molecule has 3 rings (SSSR count). The molecule has 0 unspecified atom stereocenters. The highest BCUT2D eigenvalue weighted by Gasteiger charge is 2.14. The SMILES string of the molecule is CC(=O)OCCNC(=O)Nc1nc2ccc(N(C)c3ccc(Cl)cc3F)nc2s1. The third kappa shape index (κ3) is 5.30. The van der Waals surface area contributed by atoms with Gasteiger partial charge in [0.1, 0.15) is 28.6 Å². The fourth-order valence-electron chi connectivity index (χ4n) is 2.42. The molecule has 3 aromatic rings. The van der Waals surface area contributed by atoms with Crippen LogP contribution in [0.25, 0.3) is 10.3 Å². The highest BCUT2D eigenvalue weighted by Crippen LogP contribution is 2.30. The monoisotopic (exact) mass is 437 g/mol. The Balaban J connectivity index is 1.69. The van der Waals surface area contributed by atoms with Gasteiger partial charge in [-0.3, -0.25) is 10.1 Å². The lowest BCUT2D eigenvalue weighted by molar-refractivity contribution is -0.140. The van der Waals surface area contributed by atoms with E-state index in [0.717, 1.165) is 0 Å². The summed E-state index contributed by atoms with van der Waals surface area (Å²) in [6.07, 6.45) is 0. The normalized spacial score (nSPS) is 10.6. The molecule has 0 bridgehead atoms. The smallest absolute Gasteiger partial charge is 0.321 e.